The molecule has 1 aromatic rings. The highest BCUT2D eigenvalue weighted by molar-refractivity contribution is 7.91. The summed E-state index contributed by atoms with van der Waals surface area (Å²) in [6.45, 7) is 19.9. The average Bonchev–Trinajstić information content (AvgIpc) is 3.48. The molecule has 1 aromatic carbocycles. The van der Waals surface area contributed by atoms with Crippen LogP contribution >= 0.6 is 0 Å². The second-order valence-electron chi connectivity index (χ2n) is 19.6. The maximum absolute atomic E-state index is 12.4. The number of carbonyl (C=O) groups is 2. The molecule has 5 fully saturated rings. The lowest BCUT2D eigenvalue weighted by Crippen LogP contribution is -2.68. The Morgan fingerprint density at radius 3 is 2.26 bits per heavy atom. The van der Waals surface area contributed by atoms with Gasteiger partial charge in [-0.3, -0.25) is 4.79 Å². The maximum Gasteiger partial charge on any atom is 0.337 e. The predicted octanol–water partition coefficient (Wildman–Crippen LogP) is 7.15. The molecule has 1 amide bonds. The van der Waals surface area contributed by atoms with Gasteiger partial charge in [0.15, 0.2) is 9.84 Å². The van der Waals surface area contributed by atoms with Crippen molar-refractivity contribution in [1.82, 2.24) is 15.5 Å². The van der Waals surface area contributed by atoms with Gasteiger partial charge in [0.1, 0.15) is 0 Å². The van der Waals surface area contributed by atoms with Crippen molar-refractivity contribution in [2.45, 2.75) is 118 Å². The summed E-state index contributed by atoms with van der Waals surface area (Å²) in [6, 6.07) is 8.18. The van der Waals surface area contributed by atoms with Gasteiger partial charge in [-0.05, 0) is 139 Å². The number of hydrogen-bond donors (Lipinski definition) is 2. The number of rotatable bonds is 8. The molecular formula is C44H67N3O5S. The number of amides is 1. The summed E-state index contributed by atoms with van der Waals surface area (Å²) in [7, 11) is -1.46. The van der Waals surface area contributed by atoms with E-state index in [-0.39, 0.29) is 56.6 Å². The molecule has 2 N–H and O–H groups in total. The second-order valence-corrected chi connectivity index (χ2v) is 21.9. The van der Waals surface area contributed by atoms with Crippen LogP contribution in [0.2, 0.25) is 0 Å². The quantitative estimate of drug-likeness (QED) is 0.272. The summed E-state index contributed by atoms with van der Waals surface area (Å²) in [6.07, 6.45) is 13.3. The summed E-state index contributed by atoms with van der Waals surface area (Å²) in [5.41, 5.74) is 3.92. The Balaban J connectivity index is 1.16. The Kier molecular flexibility index (Phi) is 10.1. The normalized spacial score (nSPS) is 40.8. The van der Waals surface area contributed by atoms with Crippen molar-refractivity contribution in [3.05, 3.63) is 41.5 Å². The van der Waals surface area contributed by atoms with Crippen LogP contribution in [0.1, 0.15) is 122 Å². The molecule has 1 heterocycles. The van der Waals surface area contributed by atoms with Crippen LogP contribution in [0.25, 0.3) is 5.57 Å². The highest BCUT2D eigenvalue weighted by atomic mass is 32.2. The number of ether oxygens (including phenoxy) is 1. The summed E-state index contributed by atoms with van der Waals surface area (Å²) >= 11 is 0. The number of benzene rings is 1. The monoisotopic (exact) mass is 749 g/mol. The molecule has 0 spiro atoms. The molecule has 6 aliphatic rings. The summed E-state index contributed by atoms with van der Waals surface area (Å²) in [5, 5.41) is 7.54. The van der Waals surface area contributed by atoms with Gasteiger partial charge in [-0.15, -0.1) is 0 Å². The van der Waals surface area contributed by atoms with E-state index < -0.39 is 9.84 Å². The Labute approximate surface area is 319 Å². The minimum Gasteiger partial charge on any atom is -0.465 e. The van der Waals surface area contributed by atoms with Gasteiger partial charge < -0.3 is 20.3 Å². The molecule has 0 aromatic heterocycles. The van der Waals surface area contributed by atoms with E-state index >= 15 is 0 Å². The molecule has 294 valence electrons. The maximum atomic E-state index is 12.4. The zero-order valence-corrected chi connectivity index (χ0v) is 34.7. The summed E-state index contributed by atoms with van der Waals surface area (Å²) in [4.78, 5) is 26.9. The van der Waals surface area contributed by atoms with E-state index in [9.17, 15) is 18.0 Å². The summed E-state index contributed by atoms with van der Waals surface area (Å²) < 4.78 is 29.1. The molecule has 4 saturated carbocycles. The van der Waals surface area contributed by atoms with Crippen LogP contribution in [0.4, 0.5) is 0 Å². The zero-order chi connectivity index (χ0) is 38.2. The first-order valence-electron chi connectivity index (χ1n) is 20.8. The van der Waals surface area contributed by atoms with Gasteiger partial charge in [-0.1, -0.05) is 52.8 Å². The molecule has 1 aliphatic heterocycles. The Morgan fingerprint density at radius 1 is 0.906 bits per heavy atom. The molecular weight excluding hydrogens is 683 g/mol. The van der Waals surface area contributed by atoms with Crippen LogP contribution in [0.3, 0.4) is 0 Å². The largest absolute Gasteiger partial charge is 0.465 e. The fourth-order valence-electron chi connectivity index (χ4n) is 14.4. The molecule has 9 heteroatoms. The highest BCUT2D eigenvalue weighted by Gasteiger charge is 2.70. The number of sulfone groups is 1. The van der Waals surface area contributed by atoms with Gasteiger partial charge in [-0.25, -0.2) is 13.2 Å². The fourth-order valence-corrected chi connectivity index (χ4v) is 15.7. The first kappa shape index (κ1) is 39.0. The van der Waals surface area contributed by atoms with Crippen LogP contribution in [-0.2, 0) is 19.4 Å². The minimum atomic E-state index is -2.89. The van der Waals surface area contributed by atoms with Crippen LogP contribution in [-0.4, -0.2) is 81.6 Å². The molecule has 0 radical (unpaired) electrons. The van der Waals surface area contributed by atoms with Crippen molar-refractivity contribution in [1.29, 1.82) is 0 Å². The van der Waals surface area contributed by atoms with E-state index in [1.54, 1.807) is 6.92 Å². The highest BCUT2D eigenvalue weighted by Crippen LogP contribution is 2.76. The van der Waals surface area contributed by atoms with Crippen molar-refractivity contribution in [3.8, 4) is 0 Å². The van der Waals surface area contributed by atoms with Gasteiger partial charge in [0.05, 0.1) is 24.2 Å². The lowest BCUT2D eigenvalue weighted by Gasteiger charge is -2.72. The van der Waals surface area contributed by atoms with Gasteiger partial charge >= 0.3 is 5.97 Å². The van der Waals surface area contributed by atoms with Crippen LogP contribution in [0.5, 0.6) is 0 Å². The number of carbonyl (C=O) groups excluding carboxylic acids is 2. The smallest absolute Gasteiger partial charge is 0.337 e. The van der Waals surface area contributed by atoms with Crippen LogP contribution in [0.15, 0.2) is 30.3 Å². The number of allylic oxidation sites excluding steroid dienone is 2. The van der Waals surface area contributed by atoms with E-state index in [4.69, 9.17) is 4.74 Å². The summed E-state index contributed by atoms with van der Waals surface area (Å²) in [5.74, 6) is 3.05. The standard InChI is InChI=1S/C44H67N3O5S/c1-29(46-30(2)48)33-15-20-44(45-23-24-47-25-27-53(50,51)28-26-47)22-21-42(6)35(38(33)44)13-14-37-41(5)18-16-34(31-9-11-32(12-10-31)39(49)52-8)40(3,4)36(41)17-19-43(37,42)7/h9-12,16,29,33,35-38,45H,13-15,17-28H2,1-8H3,(H,46,48)/t29?,33-,35+,36-,37+,38+,41-,42+,43+,44-/m0/s1. The van der Waals surface area contributed by atoms with E-state index in [1.165, 1.54) is 56.8 Å². The Bertz CT molecular complexity index is 1710. The van der Waals surface area contributed by atoms with Crippen molar-refractivity contribution in [3.63, 3.8) is 0 Å². The molecule has 10 atom stereocenters. The molecule has 1 unspecified atom stereocenters. The molecule has 8 nitrogen and oxygen atoms in total. The lowest BCUT2D eigenvalue weighted by molar-refractivity contribution is -0.221. The van der Waals surface area contributed by atoms with E-state index in [0.717, 1.165) is 32.4 Å². The lowest BCUT2D eigenvalue weighted by atomic mass is 9.33. The number of hydrogen-bond acceptors (Lipinski definition) is 7. The molecule has 0 bridgehead atoms. The van der Waals surface area contributed by atoms with E-state index in [0.29, 0.717) is 48.2 Å². The third-order valence-electron chi connectivity index (χ3n) is 17.1. The fraction of sp³-hybridized carbons (Fsp3) is 0.773. The minimum absolute atomic E-state index is 0.00733. The van der Waals surface area contributed by atoms with Crippen LogP contribution in [0, 0.1) is 51.2 Å². The SMILES string of the molecule is COC(=O)c1ccc(C2=CC[C@]3(C)[C@H]4CC[C@@H]5[C@H]6[C@H](C(C)NC(C)=O)CC[C@]6(NCCN6CCS(=O)(=O)CC6)CC[C@@]5(C)[C@]4(C)CC[C@H]3C2(C)C)cc1. The van der Waals surface area contributed by atoms with E-state index in [2.05, 4.69) is 75.3 Å². The number of esters is 1. The van der Waals surface area contributed by atoms with Crippen molar-refractivity contribution in [2.75, 3.05) is 44.8 Å². The Morgan fingerprint density at radius 2 is 1.60 bits per heavy atom. The van der Waals surface area contributed by atoms with E-state index in [1.807, 2.05) is 12.1 Å². The number of nitrogens with zero attached hydrogens (tertiary/aromatic N) is 1. The number of methoxy groups -OCH3 is 1. The molecule has 7 rings (SSSR count). The zero-order valence-electron chi connectivity index (χ0n) is 33.9. The van der Waals surface area contributed by atoms with Crippen molar-refractivity contribution in [2.24, 2.45) is 51.2 Å². The first-order chi connectivity index (χ1) is 24.9. The molecule has 1 saturated heterocycles. The van der Waals surface area contributed by atoms with Crippen LogP contribution < -0.4 is 10.6 Å². The van der Waals surface area contributed by atoms with Gasteiger partial charge in [0.2, 0.25) is 5.91 Å². The third kappa shape index (κ3) is 6.35. The number of nitrogens with one attached hydrogen (secondary N) is 2. The van der Waals surface area contributed by atoms with Crippen molar-refractivity contribution < 1.29 is 22.7 Å². The van der Waals surface area contributed by atoms with Gasteiger partial charge in [0, 0.05) is 44.7 Å². The van der Waals surface area contributed by atoms with Gasteiger partial charge in [-0.2, -0.15) is 0 Å². The predicted molar refractivity (Wildman–Crippen MR) is 212 cm³/mol. The first-order valence-corrected chi connectivity index (χ1v) is 22.6. The second kappa shape index (κ2) is 13.8. The molecule has 5 aliphatic carbocycles. The Hall–Kier alpha value is -2.23. The molecule has 53 heavy (non-hydrogen) atoms. The average molecular weight is 750 g/mol. The van der Waals surface area contributed by atoms with Crippen molar-refractivity contribution >= 4 is 27.3 Å². The number of fused-ring (bicyclic) bond motifs is 7. The van der Waals surface area contributed by atoms with Gasteiger partial charge in [0.25, 0.3) is 0 Å². The third-order valence-corrected chi connectivity index (χ3v) is 18.7. The topological polar surface area (TPSA) is 105 Å².